The molecule has 2 aromatic rings. The van der Waals surface area contributed by atoms with Gasteiger partial charge < -0.3 is 15.4 Å². The highest BCUT2D eigenvalue weighted by atomic mass is 32.2. The number of amides is 4. The van der Waals surface area contributed by atoms with Crippen molar-refractivity contribution in [1.29, 1.82) is 0 Å². The van der Waals surface area contributed by atoms with Gasteiger partial charge in [0.2, 0.25) is 0 Å². The van der Waals surface area contributed by atoms with E-state index in [9.17, 15) is 26.4 Å². The summed E-state index contributed by atoms with van der Waals surface area (Å²) in [6.45, 7) is 3.75. The molecule has 2 aromatic carbocycles. The van der Waals surface area contributed by atoms with Gasteiger partial charge in [-0.2, -0.15) is 0 Å². The van der Waals surface area contributed by atoms with Gasteiger partial charge in [-0.1, -0.05) is 35.4 Å². The Balaban J connectivity index is 1.61. The van der Waals surface area contributed by atoms with Gasteiger partial charge in [-0.05, 0) is 38.1 Å². The molecule has 0 aliphatic carbocycles. The van der Waals surface area contributed by atoms with Crippen LogP contribution in [-0.4, -0.2) is 55.2 Å². The van der Waals surface area contributed by atoms with Crippen molar-refractivity contribution in [2.45, 2.75) is 23.6 Å². The fourth-order valence-electron chi connectivity index (χ4n) is 2.44. The van der Waals surface area contributed by atoms with Crippen LogP contribution in [0.2, 0.25) is 0 Å². The first-order valence-corrected chi connectivity index (χ1v) is 12.8. The number of ether oxygens (including phenoxy) is 1. The average Bonchev–Trinajstić information content (AvgIpc) is 2.73. The third-order valence-corrected chi connectivity index (χ3v) is 6.87. The molecule has 4 N–H and O–H groups in total. The summed E-state index contributed by atoms with van der Waals surface area (Å²) in [7, 11) is -7.96. The molecule has 0 spiro atoms. The predicted molar refractivity (Wildman–Crippen MR) is 121 cm³/mol. The molecule has 0 aliphatic heterocycles. The normalized spacial score (nSPS) is 11.5. The molecule has 0 aliphatic rings. The molecule has 0 atom stereocenters. The summed E-state index contributed by atoms with van der Waals surface area (Å²) < 4.78 is 57.4. The molecule has 0 fully saturated rings. The second-order valence-corrected chi connectivity index (χ2v) is 10.3. The molecule has 0 bridgehead atoms. The van der Waals surface area contributed by atoms with Crippen LogP contribution in [0, 0.1) is 13.8 Å². The molecule has 11 nitrogen and oxygen atoms in total. The van der Waals surface area contributed by atoms with Crippen LogP contribution in [0.25, 0.3) is 0 Å². The van der Waals surface area contributed by atoms with Crippen LogP contribution in [0.3, 0.4) is 0 Å². The molecule has 0 saturated carbocycles. The Hall–Kier alpha value is -3.16. The quantitative estimate of drug-likeness (QED) is 0.355. The van der Waals surface area contributed by atoms with E-state index in [2.05, 4.69) is 10.6 Å². The predicted octanol–water partition coefficient (Wildman–Crippen LogP) is 0.996. The fourth-order valence-corrected chi connectivity index (χ4v) is 4.30. The Bertz CT molecular complexity index is 1070. The van der Waals surface area contributed by atoms with E-state index in [-0.39, 0.29) is 36.1 Å². The number of carbonyl (C=O) groups is 2. The number of rotatable bonds is 10. The number of hydrogen-bond donors (Lipinski definition) is 4. The zero-order valence-electron chi connectivity index (χ0n) is 18.1. The monoisotopic (exact) mass is 498 g/mol. The van der Waals surface area contributed by atoms with Crippen LogP contribution in [0.1, 0.15) is 11.1 Å². The first kappa shape index (κ1) is 26.1. The molecule has 0 saturated heterocycles. The van der Waals surface area contributed by atoms with E-state index in [4.69, 9.17) is 4.74 Å². The number of aryl methyl sites for hydroxylation is 2. The van der Waals surface area contributed by atoms with Crippen molar-refractivity contribution < 1.29 is 31.2 Å². The maximum Gasteiger partial charge on any atom is 0.328 e. The van der Waals surface area contributed by atoms with Crippen LogP contribution in [0.5, 0.6) is 0 Å². The minimum atomic E-state index is -3.98. The molecule has 13 heteroatoms. The van der Waals surface area contributed by atoms with Crippen LogP contribution in [-0.2, 0) is 24.8 Å². The van der Waals surface area contributed by atoms with E-state index in [0.717, 1.165) is 11.1 Å². The number of benzene rings is 2. The van der Waals surface area contributed by atoms with E-state index in [1.165, 1.54) is 24.3 Å². The van der Waals surface area contributed by atoms with Crippen LogP contribution in [0.15, 0.2) is 58.3 Å². The van der Waals surface area contributed by atoms with Crippen molar-refractivity contribution in [2.75, 3.05) is 26.3 Å². The lowest BCUT2D eigenvalue weighted by atomic mass is 10.2. The van der Waals surface area contributed by atoms with E-state index >= 15 is 0 Å². The Morgan fingerprint density at radius 2 is 1.00 bits per heavy atom. The molecular weight excluding hydrogens is 472 g/mol. The third-order valence-electron chi connectivity index (χ3n) is 4.18. The first-order valence-electron chi connectivity index (χ1n) is 9.82. The van der Waals surface area contributed by atoms with Crippen molar-refractivity contribution >= 4 is 32.1 Å². The molecule has 0 heterocycles. The van der Waals surface area contributed by atoms with Crippen molar-refractivity contribution in [3.8, 4) is 0 Å². The van der Waals surface area contributed by atoms with Gasteiger partial charge in [0, 0.05) is 13.1 Å². The molecule has 180 valence electrons. The van der Waals surface area contributed by atoms with Crippen molar-refractivity contribution in [3.63, 3.8) is 0 Å². The van der Waals surface area contributed by atoms with Gasteiger partial charge in [-0.15, -0.1) is 0 Å². The van der Waals surface area contributed by atoms with E-state index in [1.54, 1.807) is 24.3 Å². The summed E-state index contributed by atoms with van der Waals surface area (Å²) >= 11 is 0. The minimum Gasteiger partial charge on any atom is -0.378 e. The molecule has 2 rings (SSSR count). The Kier molecular flexibility index (Phi) is 9.20. The zero-order valence-corrected chi connectivity index (χ0v) is 19.8. The van der Waals surface area contributed by atoms with Gasteiger partial charge in [0.25, 0.3) is 20.0 Å². The highest BCUT2D eigenvalue weighted by Crippen LogP contribution is 2.10. The summed E-state index contributed by atoms with van der Waals surface area (Å²) in [5.41, 5.74) is 1.77. The number of nitrogens with one attached hydrogen (secondary N) is 4. The van der Waals surface area contributed by atoms with Crippen LogP contribution in [0.4, 0.5) is 9.59 Å². The maximum absolute atomic E-state index is 12.1. The Morgan fingerprint density at radius 1 is 0.667 bits per heavy atom. The zero-order chi connectivity index (χ0) is 24.5. The standard InChI is InChI=1S/C20H26N4O7S2/c1-15-3-7-17(8-4-15)32(27,28)23-19(25)21-11-13-31-14-12-22-20(26)24-33(29,30)18-9-5-16(2)6-10-18/h3-10H,11-14H2,1-2H3,(H2,21,23,25)(H2,22,24,26). The third kappa shape index (κ3) is 8.71. The summed E-state index contributed by atoms with van der Waals surface area (Å²) in [4.78, 5) is 23.5. The van der Waals surface area contributed by atoms with Gasteiger partial charge in [0.1, 0.15) is 0 Å². The summed E-state index contributed by atoms with van der Waals surface area (Å²) in [6, 6.07) is 10.2. The number of carbonyl (C=O) groups excluding carboxylic acids is 2. The fraction of sp³-hybridized carbons (Fsp3) is 0.300. The van der Waals surface area contributed by atoms with Crippen molar-refractivity contribution in [2.24, 2.45) is 0 Å². The van der Waals surface area contributed by atoms with Crippen molar-refractivity contribution in [3.05, 3.63) is 59.7 Å². The topological polar surface area (TPSA) is 160 Å². The van der Waals surface area contributed by atoms with Crippen molar-refractivity contribution in [1.82, 2.24) is 20.1 Å². The van der Waals surface area contributed by atoms with Gasteiger partial charge in [0.05, 0.1) is 23.0 Å². The number of hydrogen-bond acceptors (Lipinski definition) is 7. The van der Waals surface area contributed by atoms with Gasteiger partial charge in [0.15, 0.2) is 0 Å². The van der Waals surface area contributed by atoms with Gasteiger partial charge in [-0.3, -0.25) is 0 Å². The lowest BCUT2D eigenvalue weighted by molar-refractivity contribution is 0.139. The largest absolute Gasteiger partial charge is 0.378 e. The summed E-state index contributed by atoms with van der Waals surface area (Å²) in [5.74, 6) is 0. The lowest BCUT2D eigenvalue weighted by Crippen LogP contribution is -2.41. The molecule has 33 heavy (non-hydrogen) atoms. The van der Waals surface area contributed by atoms with Crippen LogP contribution < -0.4 is 20.1 Å². The second kappa shape index (κ2) is 11.6. The molecule has 0 aromatic heterocycles. The molecule has 0 unspecified atom stereocenters. The Labute approximate surface area is 193 Å². The Morgan fingerprint density at radius 3 is 1.33 bits per heavy atom. The molecular formula is C20H26N4O7S2. The van der Waals surface area contributed by atoms with E-state index in [1.807, 2.05) is 23.3 Å². The lowest BCUT2D eigenvalue weighted by Gasteiger charge is -2.10. The average molecular weight is 499 g/mol. The first-order chi connectivity index (χ1) is 15.5. The molecule has 4 amide bonds. The summed E-state index contributed by atoms with van der Waals surface area (Å²) in [5, 5.41) is 4.68. The highest BCUT2D eigenvalue weighted by Gasteiger charge is 2.18. The molecule has 0 radical (unpaired) electrons. The SMILES string of the molecule is Cc1ccc(S(=O)(=O)NC(=O)NCCOCCNC(=O)NS(=O)(=O)c2ccc(C)cc2)cc1. The van der Waals surface area contributed by atoms with E-state index in [0.29, 0.717) is 0 Å². The number of urea groups is 2. The van der Waals surface area contributed by atoms with E-state index < -0.39 is 32.1 Å². The maximum atomic E-state index is 12.1. The highest BCUT2D eigenvalue weighted by molar-refractivity contribution is 7.90. The summed E-state index contributed by atoms with van der Waals surface area (Å²) in [6.07, 6.45) is 0. The second-order valence-electron chi connectivity index (χ2n) is 6.96. The smallest absolute Gasteiger partial charge is 0.328 e. The number of sulfonamides is 2. The van der Waals surface area contributed by atoms with Crippen LogP contribution >= 0.6 is 0 Å². The minimum absolute atomic E-state index is 0.0171. The van der Waals surface area contributed by atoms with Gasteiger partial charge >= 0.3 is 12.1 Å². The van der Waals surface area contributed by atoms with Gasteiger partial charge in [-0.25, -0.2) is 35.9 Å².